The molecule has 0 aliphatic rings. The number of rotatable bonds is 6. The van der Waals surface area contributed by atoms with Crippen LogP contribution in [-0.4, -0.2) is 55.1 Å². The zero-order valence-corrected chi connectivity index (χ0v) is 7.42. The third-order valence-corrected chi connectivity index (χ3v) is 1.66. The minimum atomic E-state index is -1.48. The lowest BCUT2D eigenvalue weighted by molar-refractivity contribution is -0.144. The van der Waals surface area contributed by atoms with Gasteiger partial charge in [0.25, 0.3) is 0 Å². The highest BCUT2D eigenvalue weighted by Gasteiger charge is 2.31. The highest BCUT2D eigenvalue weighted by Crippen LogP contribution is 2.10. The van der Waals surface area contributed by atoms with E-state index in [-0.39, 0.29) is 6.29 Å². The molecular weight excluding hydrogens is 176 g/mol. The molecule has 0 aromatic carbocycles. The quantitative estimate of drug-likeness (QED) is 0.528. The van der Waals surface area contributed by atoms with Gasteiger partial charge in [-0.3, -0.25) is 0 Å². The number of hydrogen-bond acceptors (Lipinski definition) is 5. The van der Waals surface area contributed by atoms with Crippen LogP contribution >= 0.6 is 0 Å². The molecule has 0 bridgehead atoms. The van der Waals surface area contributed by atoms with E-state index in [9.17, 15) is 15.0 Å². The van der Waals surface area contributed by atoms with E-state index in [0.717, 1.165) is 0 Å². The van der Waals surface area contributed by atoms with Crippen molar-refractivity contribution in [1.29, 1.82) is 0 Å². The molecule has 13 heavy (non-hydrogen) atoms. The maximum Gasteiger partial charge on any atom is 0.151 e. The van der Waals surface area contributed by atoms with Crippen LogP contribution in [0.3, 0.4) is 0 Å². The first kappa shape index (κ1) is 9.08. The highest BCUT2D eigenvalue weighted by molar-refractivity contribution is 5.56. The van der Waals surface area contributed by atoms with Crippen molar-refractivity contribution in [3.05, 3.63) is 0 Å². The molecule has 5 heteroatoms. The van der Waals surface area contributed by atoms with Gasteiger partial charge in [0.1, 0.15) is 18.3 Å². The van der Waals surface area contributed by atoms with Gasteiger partial charge in [-0.15, -0.1) is 0 Å². The lowest BCUT2D eigenvalue weighted by Gasteiger charge is -2.28. The summed E-state index contributed by atoms with van der Waals surface area (Å²) in [7, 11) is -0.904. The molecule has 0 unspecified atom stereocenters. The molecule has 4 atom stereocenters. The van der Waals surface area contributed by atoms with Gasteiger partial charge in [0, 0.05) is 14.2 Å². The fraction of sp³-hybridized carbons (Fsp3) is 0.875. The highest BCUT2D eigenvalue weighted by atomic mass is 16.5. The number of carbonyl (C=O) groups excluding carboxylic acids is 1. The molecular formula is C8H16O5. The van der Waals surface area contributed by atoms with Gasteiger partial charge in [0.2, 0.25) is 0 Å². The second-order valence-electron chi connectivity index (χ2n) is 2.63. The van der Waals surface area contributed by atoms with Gasteiger partial charge >= 0.3 is 0 Å². The van der Waals surface area contributed by atoms with Gasteiger partial charge in [0.05, 0.1) is 8.85 Å². The fourth-order valence-electron chi connectivity index (χ4n) is 0.974. The topological polar surface area (TPSA) is 76.0 Å². The van der Waals surface area contributed by atoms with E-state index >= 15 is 0 Å². The summed E-state index contributed by atoms with van der Waals surface area (Å²) in [6.45, 7) is 1.39. The lowest BCUT2D eigenvalue weighted by atomic mass is 10.0. The molecule has 0 radical (unpaired) electrons. The van der Waals surface area contributed by atoms with Crippen molar-refractivity contribution in [3.8, 4) is 0 Å². The maximum absolute atomic E-state index is 10.4. The first-order chi connectivity index (χ1) is 7.08. The average molecular weight is 194 g/mol. The van der Waals surface area contributed by atoms with Crippen LogP contribution < -0.4 is 0 Å². The van der Waals surface area contributed by atoms with Crippen LogP contribution in [0.5, 0.6) is 0 Å². The standard InChI is InChI=1S/C8H16O5/c1-5(10)7(12-2)8(13-3)6(11)4-9/h4-8,10-11H,1-3H3/t5-,6+,7+,8-/m0/s1/i2D,3D. The Bertz CT molecular complexity index is 178. The molecule has 0 saturated heterocycles. The van der Waals surface area contributed by atoms with Gasteiger partial charge in [-0.1, -0.05) is 0 Å². The summed E-state index contributed by atoms with van der Waals surface area (Å²) in [5.74, 6) is 0. The molecule has 0 aliphatic heterocycles. The van der Waals surface area contributed by atoms with E-state index < -0.39 is 38.6 Å². The van der Waals surface area contributed by atoms with Gasteiger partial charge < -0.3 is 24.5 Å². The molecule has 0 aliphatic carbocycles. The molecule has 0 amide bonds. The normalized spacial score (nSPS) is 22.4. The largest absolute Gasteiger partial charge is 0.391 e. The second kappa shape index (κ2) is 6.04. The predicted molar refractivity (Wildman–Crippen MR) is 45.3 cm³/mol. The van der Waals surface area contributed by atoms with Crippen LogP contribution in [0.15, 0.2) is 0 Å². The zero-order valence-electron chi connectivity index (χ0n) is 9.42. The van der Waals surface area contributed by atoms with E-state index in [2.05, 4.69) is 0 Å². The monoisotopic (exact) mass is 194 g/mol. The molecule has 0 aromatic rings. The summed E-state index contributed by atoms with van der Waals surface area (Å²) < 4.78 is 23.3. The van der Waals surface area contributed by atoms with Crippen LogP contribution in [0.4, 0.5) is 0 Å². The maximum atomic E-state index is 10.4. The number of aliphatic hydroxyl groups excluding tert-OH is 2. The van der Waals surface area contributed by atoms with Crippen LogP contribution in [-0.2, 0) is 14.3 Å². The molecule has 2 N–H and O–H groups in total. The molecule has 0 rings (SSSR count). The molecule has 0 saturated carbocycles. The van der Waals surface area contributed by atoms with Crippen LogP contribution in [0.25, 0.3) is 0 Å². The Morgan fingerprint density at radius 3 is 2.23 bits per heavy atom. The van der Waals surface area contributed by atoms with E-state index in [4.69, 9.17) is 12.2 Å². The number of aliphatic hydroxyl groups is 2. The molecule has 5 nitrogen and oxygen atoms in total. The van der Waals surface area contributed by atoms with Crippen molar-refractivity contribution in [2.45, 2.75) is 31.3 Å². The van der Waals surface area contributed by atoms with E-state index in [1.807, 2.05) is 0 Å². The van der Waals surface area contributed by atoms with E-state index in [1.54, 1.807) is 0 Å². The third-order valence-electron chi connectivity index (χ3n) is 1.66. The summed E-state index contributed by atoms with van der Waals surface area (Å²) in [5.41, 5.74) is 0. The van der Waals surface area contributed by atoms with Gasteiger partial charge in [0.15, 0.2) is 6.29 Å². The summed E-state index contributed by atoms with van der Waals surface area (Å²) in [4.78, 5) is 10.4. The van der Waals surface area contributed by atoms with E-state index in [1.165, 1.54) is 6.92 Å². The molecule has 0 heterocycles. The van der Waals surface area contributed by atoms with Crippen molar-refractivity contribution in [2.24, 2.45) is 0 Å². The van der Waals surface area contributed by atoms with Crippen LogP contribution in [0.1, 0.15) is 9.67 Å². The van der Waals surface area contributed by atoms with Crippen molar-refractivity contribution >= 4 is 6.29 Å². The Hall–Kier alpha value is -0.490. The minimum absolute atomic E-state index is 0.239. The Morgan fingerprint density at radius 1 is 1.31 bits per heavy atom. The molecule has 0 fully saturated rings. The Morgan fingerprint density at radius 2 is 1.85 bits per heavy atom. The van der Waals surface area contributed by atoms with Gasteiger partial charge in [-0.05, 0) is 6.92 Å². The summed E-state index contributed by atoms with van der Waals surface area (Å²) in [5, 5.41) is 18.6. The smallest absolute Gasteiger partial charge is 0.151 e. The van der Waals surface area contributed by atoms with Crippen molar-refractivity contribution < 1.29 is 27.2 Å². The van der Waals surface area contributed by atoms with Gasteiger partial charge in [-0.25, -0.2) is 0 Å². The number of aldehydes is 1. The fourth-order valence-corrected chi connectivity index (χ4v) is 0.974. The Kier molecular flexibility index (Phi) is 4.22. The average Bonchev–Trinajstić information content (AvgIpc) is 2.21. The molecule has 78 valence electrons. The second-order valence-corrected chi connectivity index (χ2v) is 2.63. The number of hydrogen-bond donors (Lipinski definition) is 2. The summed E-state index contributed by atoms with van der Waals surface area (Å²) >= 11 is 0. The number of carbonyl (C=O) groups is 1. The first-order valence-corrected chi connectivity index (χ1v) is 3.71. The van der Waals surface area contributed by atoms with Crippen molar-refractivity contribution in [2.75, 3.05) is 14.2 Å². The van der Waals surface area contributed by atoms with Crippen LogP contribution in [0, 0.1) is 0 Å². The van der Waals surface area contributed by atoms with E-state index in [0.29, 0.717) is 0 Å². The van der Waals surface area contributed by atoms with Crippen molar-refractivity contribution in [3.63, 3.8) is 0 Å². The third kappa shape index (κ3) is 3.40. The predicted octanol–water partition coefficient (Wildman–Crippen LogP) is -1.04. The minimum Gasteiger partial charge on any atom is -0.391 e. The lowest BCUT2D eigenvalue weighted by Crippen LogP contribution is -2.46. The molecule has 0 aromatic heterocycles. The first-order valence-electron chi connectivity index (χ1n) is 5.13. The summed E-state index contributed by atoms with van der Waals surface area (Å²) in [6.07, 6.45) is -4.40. The van der Waals surface area contributed by atoms with Crippen LogP contribution in [0.2, 0.25) is 0 Å². The summed E-state index contributed by atoms with van der Waals surface area (Å²) in [6, 6.07) is 0. The number of methoxy groups -OCH3 is 2. The van der Waals surface area contributed by atoms with Gasteiger partial charge in [-0.2, -0.15) is 0 Å². The Labute approximate surface area is 80.1 Å². The Balaban J connectivity index is 4.57. The zero-order chi connectivity index (χ0) is 11.8. The van der Waals surface area contributed by atoms with Crippen molar-refractivity contribution in [1.82, 2.24) is 0 Å². The number of ether oxygens (including phenoxy) is 2. The molecule has 0 spiro atoms. The SMILES string of the molecule is [2H]CO[C@H]([C@H](OC[2H])[C@H](C)O)[C@H](O)C=O.